The highest BCUT2D eigenvalue weighted by Crippen LogP contribution is 2.31. The van der Waals surface area contributed by atoms with E-state index in [1.54, 1.807) is 18.7 Å². The van der Waals surface area contributed by atoms with Crippen molar-refractivity contribution in [2.45, 2.75) is 38.5 Å². The summed E-state index contributed by atoms with van der Waals surface area (Å²) in [6, 6.07) is 18.7. The number of ether oxygens (including phenoxy) is 1. The minimum absolute atomic E-state index is 0.142. The molecule has 0 bridgehead atoms. The number of hydrogen-bond acceptors (Lipinski definition) is 3. The second-order valence-corrected chi connectivity index (χ2v) is 7.50. The molecule has 6 heteroatoms. The molecule has 1 atom stereocenters. The van der Waals surface area contributed by atoms with Gasteiger partial charge in [0.2, 0.25) is 0 Å². The second-order valence-electron chi connectivity index (χ2n) is 7.50. The number of amides is 3. The van der Waals surface area contributed by atoms with E-state index in [1.165, 1.54) is 4.90 Å². The van der Waals surface area contributed by atoms with Crippen LogP contribution in [0.25, 0.3) is 0 Å². The molecule has 1 unspecified atom stereocenters. The smallest absolute Gasteiger partial charge is 0.315 e. The van der Waals surface area contributed by atoms with Crippen LogP contribution in [0.2, 0.25) is 0 Å². The van der Waals surface area contributed by atoms with Crippen LogP contribution in [0.5, 0.6) is 0 Å². The van der Waals surface area contributed by atoms with E-state index in [0.29, 0.717) is 26.2 Å². The topological polar surface area (TPSA) is 75.9 Å². The zero-order valence-corrected chi connectivity index (χ0v) is 16.4. The van der Waals surface area contributed by atoms with Crippen LogP contribution in [0.4, 0.5) is 10.5 Å². The molecular formula is C22H27N3O3. The number of urea groups is 1. The van der Waals surface area contributed by atoms with Crippen molar-refractivity contribution in [3.05, 3.63) is 66.2 Å². The number of nitrogens with two attached hydrogens (primary N) is 1. The molecule has 0 saturated carbocycles. The lowest BCUT2D eigenvalue weighted by Gasteiger charge is -2.49. The Hall–Kier alpha value is -2.86. The van der Waals surface area contributed by atoms with Gasteiger partial charge in [-0.25, -0.2) is 4.79 Å². The molecule has 1 saturated heterocycles. The molecule has 6 nitrogen and oxygen atoms in total. The number of carbonyl (C=O) groups excluding carboxylic acids is 2. The van der Waals surface area contributed by atoms with Crippen molar-refractivity contribution >= 4 is 17.6 Å². The lowest BCUT2D eigenvalue weighted by molar-refractivity contribution is -0.131. The first-order valence-corrected chi connectivity index (χ1v) is 9.48. The first-order valence-electron chi connectivity index (χ1n) is 9.48. The van der Waals surface area contributed by atoms with E-state index in [0.717, 1.165) is 11.3 Å². The van der Waals surface area contributed by atoms with Gasteiger partial charge in [-0.2, -0.15) is 0 Å². The number of piperazine rings is 1. The first kappa shape index (κ1) is 19.9. The minimum atomic E-state index is -0.997. The molecule has 0 radical (unpaired) electrons. The van der Waals surface area contributed by atoms with E-state index in [9.17, 15) is 9.59 Å². The van der Waals surface area contributed by atoms with Crippen LogP contribution in [0, 0.1) is 0 Å². The van der Waals surface area contributed by atoms with Gasteiger partial charge in [-0.1, -0.05) is 48.5 Å². The van der Waals surface area contributed by atoms with Crippen LogP contribution in [0.1, 0.15) is 25.8 Å². The molecule has 0 spiro atoms. The van der Waals surface area contributed by atoms with Gasteiger partial charge in [0.05, 0.1) is 12.6 Å². The second kappa shape index (κ2) is 8.44. The SMILES string of the molecule is CC1(C)C(=O)N(c2ccccc2)C(CCOCc2ccccc2)CN1C(N)=O. The number of para-hydroxylation sites is 1. The van der Waals surface area contributed by atoms with Crippen LogP contribution in [0.15, 0.2) is 60.7 Å². The maximum atomic E-state index is 13.3. The van der Waals surface area contributed by atoms with Crippen LogP contribution in [0.3, 0.4) is 0 Å². The normalized spacial score (nSPS) is 18.9. The average molecular weight is 381 g/mol. The molecule has 28 heavy (non-hydrogen) atoms. The lowest BCUT2D eigenvalue weighted by atomic mass is 9.93. The van der Waals surface area contributed by atoms with Crippen LogP contribution < -0.4 is 10.6 Å². The van der Waals surface area contributed by atoms with Crippen molar-refractivity contribution in [3.8, 4) is 0 Å². The van der Waals surface area contributed by atoms with Gasteiger partial charge in [0.15, 0.2) is 0 Å². The van der Waals surface area contributed by atoms with Gasteiger partial charge in [0.25, 0.3) is 5.91 Å². The Morgan fingerprint density at radius 2 is 1.71 bits per heavy atom. The molecule has 2 aromatic rings. The Morgan fingerprint density at radius 3 is 2.32 bits per heavy atom. The molecule has 3 rings (SSSR count). The summed E-state index contributed by atoms with van der Waals surface area (Å²) in [5.41, 5.74) is 6.49. The number of primary amides is 1. The highest BCUT2D eigenvalue weighted by Gasteiger charge is 2.48. The van der Waals surface area contributed by atoms with Gasteiger partial charge in [-0.05, 0) is 38.0 Å². The third-order valence-electron chi connectivity index (χ3n) is 5.18. The summed E-state index contributed by atoms with van der Waals surface area (Å²) in [5.74, 6) is -0.142. The Morgan fingerprint density at radius 1 is 1.11 bits per heavy atom. The molecule has 0 aliphatic carbocycles. The highest BCUT2D eigenvalue weighted by atomic mass is 16.5. The third kappa shape index (κ3) is 4.17. The summed E-state index contributed by atoms with van der Waals surface area (Å²) in [5, 5.41) is 0. The number of nitrogens with zero attached hydrogens (tertiary/aromatic N) is 2. The Balaban J connectivity index is 1.74. The zero-order valence-electron chi connectivity index (χ0n) is 16.4. The summed E-state index contributed by atoms with van der Waals surface area (Å²) in [6.45, 7) is 4.83. The van der Waals surface area contributed by atoms with Gasteiger partial charge in [0, 0.05) is 18.8 Å². The van der Waals surface area contributed by atoms with Crippen LogP contribution in [-0.2, 0) is 16.1 Å². The van der Waals surface area contributed by atoms with Crippen molar-refractivity contribution in [1.82, 2.24) is 4.90 Å². The zero-order chi connectivity index (χ0) is 20.1. The summed E-state index contributed by atoms with van der Waals surface area (Å²) in [7, 11) is 0. The van der Waals surface area contributed by atoms with Gasteiger partial charge < -0.3 is 20.3 Å². The van der Waals surface area contributed by atoms with Crippen LogP contribution in [-0.4, -0.2) is 41.6 Å². The predicted octanol–water partition coefficient (Wildman–Crippen LogP) is 3.17. The Kier molecular flexibility index (Phi) is 5.99. The fraction of sp³-hybridized carbons (Fsp3) is 0.364. The standard InChI is InChI=1S/C22H27N3O3/c1-22(2)20(26)25(18-11-7-4-8-12-18)19(15-24(22)21(23)27)13-14-28-16-17-9-5-3-6-10-17/h3-12,19H,13-16H2,1-2H3,(H2,23,27). The molecule has 1 heterocycles. The lowest BCUT2D eigenvalue weighted by Crippen LogP contribution is -2.69. The number of benzene rings is 2. The number of hydrogen-bond donors (Lipinski definition) is 1. The van der Waals surface area contributed by atoms with Crippen molar-refractivity contribution in [2.75, 3.05) is 18.1 Å². The van der Waals surface area contributed by atoms with E-state index in [-0.39, 0.29) is 11.9 Å². The quantitative estimate of drug-likeness (QED) is 0.781. The van der Waals surface area contributed by atoms with E-state index in [1.807, 2.05) is 60.7 Å². The molecule has 2 N–H and O–H groups in total. The Labute approximate surface area is 165 Å². The van der Waals surface area contributed by atoms with Crippen molar-refractivity contribution in [3.63, 3.8) is 0 Å². The van der Waals surface area contributed by atoms with E-state index < -0.39 is 11.6 Å². The molecular weight excluding hydrogens is 354 g/mol. The monoisotopic (exact) mass is 381 g/mol. The van der Waals surface area contributed by atoms with Crippen LogP contribution >= 0.6 is 0 Å². The highest BCUT2D eigenvalue weighted by molar-refractivity contribution is 6.03. The molecule has 1 aliphatic rings. The van der Waals surface area contributed by atoms with Gasteiger partial charge in [-0.15, -0.1) is 0 Å². The van der Waals surface area contributed by atoms with Gasteiger partial charge >= 0.3 is 6.03 Å². The van der Waals surface area contributed by atoms with E-state index in [4.69, 9.17) is 10.5 Å². The summed E-state index contributed by atoms with van der Waals surface area (Å²) in [6.07, 6.45) is 0.604. The fourth-order valence-corrected chi connectivity index (χ4v) is 3.58. The van der Waals surface area contributed by atoms with Crippen molar-refractivity contribution in [2.24, 2.45) is 5.73 Å². The maximum Gasteiger partial charge on any atom is 0.315 e. The summed E-state index contributed by atoms with van der Waals surface area (Å²) >= 11 is 0. The van der Waals surface area contributed by atoms with E-state index >= 15 is 0 Å². The molecule has 3 amide bonds. The molecule has 0 aromatic heterocycles. The molecule has 1 fully saturated rings. The molecule has 148 valence electrons. The molecule has 2 aromatic carbocycles. The number of carbonyl (C=O) groups is 2. The third-order valence-corrected chi connectivity index (χ3v) is 5.18. The maximum absolute atomic E-state index is 13.3. The summed E-state index contributed by atoms with van der Waals surface area (Å²) in [4.78, 5) is 28.5. The van der Waals surface area contributed by atoms with Crippen molar-refractivity contribution in [1.29, 1.82) is 0 Å². The first-order chi connectivity index (χ1) is 13.4. The predicted molar refractivity (Wildman–Crippen MR) is 109 cm³/mol. The number of anilines is 1. The van der Waals surface area contributed by atoms with E-state index in [2.05, 4.69) is 0 Å². The van der Waals surface area contributed by atoms with Gasteiger partial charge in [0.1, 0.15) is 5.54 Å². The van der Waals surface area contributed by atoms with Crippen molar-refractivity contribution < 1.29 is 14.3 Å². The summed E-state index contributed by atoms with van der Waals surface area (Å²) < 4.78 is 5.82. The average Bonchev–Trinajstić information content (AvgIpc) is 2.69. The minimum Gasteiger partial charge on any atom is -0.377 e. The fourth-order valence-electron chi connectivity index (χ4n) is 3.58. The molecule has 1 aliphatic heterocycles. The largest absolute Gasteiger partial charge is 0.377 e. The Bertz CT molecular complexity index is 808. The van der Waals surface area contributed by atoms with Gasteiger partial charge in [-0.3, -0.25) is 4.79 Å². The number of rotatable bonds is 6.